The summed E-state index contributed by atoms with van der Waals surface area (Å²) in [5.74, 6) is 0.505. The van der Waals surface area contributed by atoms with E-state index in [-0.39, 0.29) is 0 Å². The maximum absolute atomic E-state index is 11.8. The Bertz CT molecular complexity index is 313. The van der Waals surface area contributed by atoms with Gasteiger partial charge in [-0.05, 0) is 52.4 Å². The molecule has 0 bridgehead atoms. The van der Waals surface area contributed by atoms with Gasteiger partial charge in [0.05, 0.1) is 4.75 Å². The van der Waals surface area contributed by atoms with Crippen LogP contribution in [-0.4, -0.2) is 24.5 Å². The molecule has 0 radical (unpaired) electrons. The van der Waals surface area contributed by atoms with Crippen molar-refractivity contribution in [1.29, 1.82) is 0 Å². The number of hydrogen-bond acceptors (Lipinski definition) is 2. The Morgan fingerprint density at radius 3 is 2.12 bits per heavy atom. The predicted molar refractivity (Wildman–Crippen MR) is 71.3 cm³/mol. The highest BCUT2D eigenvalue weighted by Gasteiger charge is 2.29. The molecule has 0 atom stereocenters. The van der Waals surface area contributed by atoms with Crippen molar-refractivity contribution >= 4 is 26.0 Å². The minimum atomic E-state index is -3.17. The largest absolute Gasteiger partial charge is 0.216 e. The summed E-state index contributed by atoms with van der Waals surface area (Å²) in [6.07, 6.45) is 4.54. The van der Waals surface area contributed by atoms with Crippen LogP contribution in [0.4, 0.5) is 0 Å². The van der Waals surface area contributed by atoms with Crippen molar-refractivity contribution in [2.45, 2.75) is 56.0 Å². The molecule has 16 heavy (non-hydrogen) atoms. The summed E-state index contributed by atoms with van der Waals surface area (Å²) in [5.41, 5.74) is 0. The molecule has 1 N–H and O–H groups in total. The van der Waals surface area contributed by atoms with Crippen LogP contribution in [0.15, 0.2) is 0 Å². The van der Waals surface area contributed by atoms with Crippen molar-refractivity contribution in [3.63, 3.8) is 0 Å². The highest BCUT2D eigenvalue weighted by molar-refractivity contribution is 9.09. The molecule has 1 aliphatic carbocycles. The maximum Gasteiger partial charge on any atom is 0.216 e. The van der Waals surface area contributed by atoms with E-state index < -0.39 is 14.8 Å². The highest BCUT2D eigenvalue weighted by atomic mass is 79.9. The van der Waals surface area contributed by atoms with E-state index in [0.717, 1.165) is 25.7 Å². The average Bonchev–Trinajstić information content (AvgIpc) is 2.15. The normalized spacial score (nSPS) is 28.0. The van der Waals surface area contributed by atoms with Crippen LogP contribution in [-0.2, 0) is 10.0 Å². The summed E-state index contributed by atoms with van der Waals surface area (Å²) in [6, 6.07) is 0. The van der Waals surface area contributed by atoms with Crippen molar-refractivity contribution in [3.8, 4) is 0 Å². The van der Waals surface area contributed by atoms with Gasteiger partial charge in [0, 0.05) is 11.4 Å². The first-order valence-corrected chi connectivity index (χ1v) is 8.25. The molecule has 1 rings (SSSR count). The topological polar surface area (TPSA) is 46.2 Å². The molecule has 0 heterocycles. The lowest BCUT2D eigenvalue weighted by atomic mass is 9.89. The molecule has 5 heteroatoms. The molecule has 0 amide bonds. The van der Waals surface area contributed by atoms with Crippen LogP contribution >= 0.6 is 15.9 Å². The fourth-order valence-corrected chi connectivity index (χ4v) is 3.19. The van der Waals surface area contributed by atoms with Gasteiger partial charge >= 0.3 is 0 Å². The van der Waals surface area contributed by atoms with Gasteiger partial charge in [0.15, 0.2) is 0 Å². The summed E-state index contributed by atoms with van der Waals surface area (Å²) < 4.78 is 25.7. The van der Waals surface area contributed by atoms with Gasteiger partial charge in [-0.1, -0.05) is 15.9 Å². The lowest BCUT2D eigenvalue weighted by Crippen LogP contribution is -2.41. The van der Waals surface area contributed by atoms with Gasteiger partial charge in [-0.3, -0.25) is 0 Å². The smallest absolute Gasteiger partial charge is 0.215 e. The fraction of sp³-hybridized carbons (Fsp3) is 1.00. The van der Waals surface area contributed by atoms with E-state index in [0.29, 0.717) is 17.3 Å². The summed E-state index contributed by atoms with van der Waals surface area (Å²) >= 11 is 3.60. The molecule has 1 fully saturated rings. The zero-order valence-electron chi connectivity index (χ0n) is 10.3. The van der Waals surface area contributed by atoms with Gasteiger partial charge in [-0.15, -0.1) is 0 Å². The van der Waals surface area contributed by atoms with Gasteiger partial charge in [-0.25, -0.2) is 13.1 Å². The van der Waals surface area contributed by atoms with Crippen molar-refractivity contribution in [2.24, 2.45) is 5.92 Å². The molecule has 0 aromatic rings. The Hall–Kier alpha value is 0.390. The monoisotopic (exact) mass is 311 g/mol. The Kier molecular flexibility index (Phi) is 4.84. The summed E-state index contributed by atoms with van der Waals surface area (Å²) in [5, 5.41) is 0. The number of halogens is 1. The molecular formula is C11H22BrNO2S. The molecule has 0 aliphatic heterocycles. The van der Waals surface area contributed by atoms with Crippen LogP contribution in [0.25, 0.3) is 0 Å². The highest BCUT2D eigenvalue weighted by Crippen LogP contribution is 2.28. The van der Waals surface area contributed by atoms with E-state index in [4.69, 9.17) is 0 Å². The third-order valence-corrected chi connectivity index (χ3v) is 6.22. The van der Waals surface area contributed by atoms with E-state index >= 15 is 0 Å². The number of sulfonamides is 1. The summed E-state index contributed by atoms with van der Waals surface area (Å²) in [7, 11) is -3.17. The van der Waals surface area contributed by atoms with Gasteiger partial charge in [0.2, 0.25) is 10.0 Å². The van der Waals surface area contributed by atoms with Crippen molar-refractivity contribution in [2.75, 3.05) is 6.54 Å². The van der Waals surface area contributed by atoms with Crippen molar-refractivity contribution in [3.05, 3.63) is 0 Å². The minimum absolute atomic E-state index is 0.505. The SMILES string of the molecule is CC(C)(C)S(=O)(=O)NCC1CCC(Br)CC1. The fourth-order valence-electron chi connectivity index (χ4n) is 1.77. The van der Waals surface area contributed by atoms with Crippen molar-refractivity contribution in [1.82, 2.24) is 4.72 Å². The Labute approximate surface area is 108 Å². The number of alkyl halides is 1. The van der Waals surface area contributed by atoms with Crippen LogP contribution < -0.4 is 4.72 Å². The summed E-state index contributed by atoms with van der Waals surface area (Å²) in [6.45, 7) is 5.78. The summed E-state index contributed by atoms with van der Waals surface area (Å²) in [4.78, 5) is 0.628. The molecule has 0 aromatic heterocycles. The van der Waals surface area contributed by atoms with E-state index in [1.807, 2.05) is 0 Å². The van der Waals surface area contributed by atoms with Gasteiger partial charge in [0.25, 0.3) is 0 Å². The van der Waals surface area contributed by atoms with E-state index in [1.165, 1.54) is 0 Å². The first-order chi connectivity index (χ1) is 7.22. The molecular weight excluding hydrogens is 290 g/mol. The number of hydrogen-bond donors (Lipinski definition) is 1. The van der Waals surface area contributed by atoms with Crippen LogP contribution in [0.5, 0.6) is 0 Å². The van der Waals surface area contributed by atoms with Crippen molar-refractivity contribution < 1.29 is 8.42 Å². The Balaban J connectivity index is 2.41. The molecule has 0 spiro atoms. The second-order valence-corrected chi connectivity index (χ2v) is 9.40. The predicted octanol–water partition coefficient (Wildman–Crippen LogP) is 2.66. The quantitative estimate of drug-likeness (QED) is 0.814. The van der Waals surface area contributed by atoms with E-state index in [2.05, 4.69) is 20.7 Å². The molecule has 1 aliphatic rings. The van der Waals surface area contributed by atoms with Crippen LogP contribution in [0, 0.1) is 5.92 Å². The lowest BCUT2D eigenvalue weighted by molar-refractivity contribution is 0.365. The molecule has 3 nitrogen and oxygen atoms in total. The molecule has 0 aromatic carbocycles. The van der Waals surface area contributed by atoms with Gasteiger partial charge in [0.1, 0.15) is 0 Å². The second kappa shape index (κ2) is 5.36. The minimum Gasteiger partial charge on any atom is -0.215 e. The number of nitrogens with one attached hydrogen (secondary N) is 1. The standard InChI is InChI=1S/C11H22BrNO2S/c1-11(2,3)16(14,15)13-8-9-4-6-10(12)7-5-9/h9-10,13H,4-8H2,1-3H3. The van der Waals surface area contributed by atoms with Gasteiger partial charge < -0.3 is 0 Å². The molecule has 0 saturated heterocycles. The first kappa shape index (κ1) is 14.5. The third kappa shape index (κ3) is 4.00. The van der Waals surface area contributed by atoms with Gasteiger partial charge in [-0.2, -0.15) is 0 Å². The molecule has 96 valence electrons. The lowest BCUT2D eigenvalue weighted by Gasteiger charge is -2.27. The van der Waals surface area contributed by atoms with E-state index in [1.54, 1.807) is 20.8 Å². The van der Waals surface area contributed by atoms with E-state index in [9.17, 15) is 8.42 Å². The van der Waals surface area contributed by atoms with Crippen LogP contribution in [0.3, 0.4) is 0 Å². The molecule has 0 unspecified atom stereocenters. The van der Waals surface area contributed by atoms with Crippen LogP contribution in [0.1, 0.15) is 46.5 Å². The maximum atomic E-state index is 11.8. The Morgan fingerprint density at radius 2 is 1.69 bits per heavy atom. The third-order valence-electron chi connectivity index (χ3n) is 3.14. The molecule has 1 saturated carbocycles. The average molecular weight is 312 g/mol. The zero-order valence-corrected chi connectivity index (χ0v) is 12.7. The number of rotatable bonds is 3. The van der Waals surface area contributed by atoms with Crippen LogP contribution in [0.2, 0.25) is 0 Å². The first-order valence-electron chi connectivity index (χ1n) is 5.85. The second-order valence-electron chi connectivity index (χ2n) is 5.58. The zero-order chi connectivity index (χ0) is 12.4. The Morgan fingerprint density at radius 1 is 1.19 bits per heavy atom.